The summed E-state index contributed by atoms with van der Waals surface area (Å²) in [6, 6.07) is 10.4. The van der Waals surface area contributed by atoms with E-state index in [4.69, 9.17) is 13.9 Å². The molecule has 1 aliphatic heterocycles. The minimum Gasteiger partial charge on any atom is -0.461 e. The second kappa shape index (κ2) is 7.31. The Labute approximate surface area is 139 Å². The standard InChI is InChI=1S/C18H19NO5/c1-13(20)23-12-14-3-2-4-15(9-14)17-10-16(21)11-18(24-17)19-5-7-22-8-6-19/h2-4,9-11H,5-8,12H2,1H3. The molecular formula is C18H19NO5. The first kappa shape index (κ1) is 16.3. The molecule has 0 unspecified atom stereocenters. The number of rotatable bonds is 4. The van der Waals surface area contributed by atoms with Crippen LogP contribution in [0.5, 0.6) is 0 Å². The van der Waals surface area contributed by atoms with Crippen molar-refractivity contribution in [3.05, 3.63) is 52.2 Å². The summed E-state index contributed by atoms with van der Waals surface area (Å²) in [6.45, 7) is 4.18. The van der Waals surface area contributed by atoms with E-state index in [-0.39, 0.29) is 18.0 Å². The summed E-state index contributed by atoms with van der Waals surface area (Å²) >= 11 is 0. The Morgan fingerprint density at radius 1 is 1.21 bits per heavy atom. The van der Waals surface area contributed by atoms with Crippen molar-refractivity contribution >= 4 is 11.9 Å². The monoisotopic (exact) mass is 329 g/mol. The molecular weight excluding hydrogens is 310 g/mol. The van der Waals surface area contributed by atoms with Gasteiger partial charge in [-0.2, -0.15) is 0 Å². The molecule has 1 saturated heterocycles. The van der Waals surface area contributed by atoms with Crippen molar-refractivity contribution in [3.8, 4) is 11.3 Å². The van der Waals surface area contributed by atoms with Crippen molar-refractivity contribution < 1.29 is 18.7 Å². The van der Waals surface area contributed by atoms with E-state index in [2.05, 4.69) is 0 Å². The normalized spacial score (nSPS) is 14.5. The maximum absolute atomic E-state index is 12.0. The van der Waals surface area contributed by atoms with Crippen molar-refractivity contribution in [2.24, 2.45) is 0 Å². The first-order chi connectivity index (χ1) is 11.6. The van der Waals surface area contributed by atoms with Gasteiger partial charge in [-0.25, -0.2) is 0 Å². The van der Waals surface area contributed by atoms with E-state index < -0.39 is 0 Å². The molecule has 0 amide bonds. The molecule has 0 saturated carbocycles. The smallest absolute Gasteiger partial charge is 0.302 e. The van der Waals surface area contributed by atoms with Gasteiger partial charge in [0, 0.05) is 37.7 Å². The molecule has 0 radical (unpaired) electrons. The Morgan fingerprint density at radius 3 is 2.75 bits per heavy atom. The summed E-state index contributed by atoms with van der Waals surface area (Å²) in [5, 5.41) is 0. The summed E-state index contributed by atoms with van der Waals surface area (Å²) in [6.07, 6.45) is 0. The third-order valence-electron chi connectivity index (χ3n) is 3.73. The van der Waals surface area contributed by atoms with Gasteiger partial charge in [-0.15, -0.1) is 0 Å². The zero-order valence-electron chi connectivity index (χ0n) is 13.5. The predicted octanol–water partition coefficient (Wildman–Crippen LogP) is 2.21. The number of hydrogen-bond acceptors (Lipinski definition) is 6. The molecule has 1 aromatic heterocycles. The van der Waals surface area contributed by atoms with Crippen molar-refractivity contribution in [1.82, 2.24) is 0 Å². The first-order valence-corrected chi connectivity index (χ1v) is 7.82. The average molecular weight is 329 g/mol. The second-order valence-electron chi connectivity index (χ2n) is 5.58. The number of carbonyl (C=O) groups is 1. The topological polar surface area (TPSA) is 69.0 Å². The van der Waals surface area contributed by atoms with Crippen LogP contribution in [0.2, 0.25) is 0 Å². The van der Waals surface area contributed by atoms with Crippen molar-refractivity contribution in [2.45, 2.75) is 13.5 Å². The number of nitrogens with zero attached hydrogens (tertiary/aromatic N) is 1. The molecule has 1 aromatic carbocycles. The minimum atomic E-state index is -0.332. The average Bonchev–Trinajstić information content (AvgIpc) is 2.60. The molecule has 2 aromatic rings. The van der Waals surface area contributed by atoms with Gasteiger partial charge in [0.15, 0.2) is 11.3 Å². The van der Waals surface area contributed by atoms with Gasteiger partial charge in [0.2, 0.25) is 0 Å². The van der Waals surface area contributed by atoms with E-state index in [1.165, 1.54) is 19.1 Å². The largest absolute Gasteiger partial charge is 0.461 e. The van der Waals surface area contributed by atoms with Gasteiger partial charge in [-0.1, -0.05) is 18.2 Å². The molecule has 0 aliphatic carbocycles. The fraction of sp³-hybridized carbons (Fsp3) is 0.333. The van der Waals surface area contributed by atoms with Crippen LogP contribution in [0.3, 0.4) is 0 Å². The van der Waals surface area contributed by atoms with Crippen LogP contribution in [0.1, 0.15) is 12.5 Å². The summed E-state index contributed by atoms with van der Waals surface area (Å²) in [7, 11) is 0. The SMILES string of the molecule is CC(=O)OCc1cccc(-c2cc(=O)cc(N3CCOCC3)o2)c1. The maximum atomic E-state index is 12.0. The molecule has 3 rings (SSSR count). The lowest BCUT2D eigenvalue weighted by molar-refractivity contribution is -0.142. The summed E-state index contributed by atoms with van der Waals surface area (Å²) in [5.74, 6) is 0.709. The Bertz CT molecular complexity index is 777. The van der Waals surface area contributed by atoms with Gasteiger partial charge in [0.1, 0.15) is 12.4 Å². The third-order valence-corrected chi connectivity index (χ3v) is 3.73. The Balaban J connectivity index is 1.88. The number of morpholine rings is 1. The predicted molar refractivity (Wildman–Crippen MR) is 88.9 cm³/mol. The number of anilines is 1. The highest BCUT2D eigenvalue weighted by Gasteiger charge is 2.15. The van der Waals surface area contributed by atoms with Crippen LogP contribution in [0.25, 0.3) is 11.3 Å². The van der Waals surface area contributed by atoms with E-state index >= 15 is 0 Å². The lowest BCUT2D eigenvalue weighted by Gasteiger charge is -2.27. The van der Waals surface area contributed by atoms with Crippen LogP contribution in [0.4, 0.5) is 5.88 Å². The van der Waals surface area contributed by atoms with Crippen molar-refractivity contribution in [2.75, 3.05) is 31.2 Å². The maximum Gasteiger partial charge on any atom is 0.302 e. The number of ether oxygens (including phenoxy) is 2. The number of esters is 1. The van der Waals surface area contributed by atoms with E-state index in [1.54, 1.807) is 0 Å². The number of carbonyl (C=O) groups excluding carboxylic acids is 1. The van der Waals surface area contributed by atoms with Crippen LogP contribution in [-0.4, -0.2) is 32.3 Å². The summed E-state index contributed by atoms with van der Waals surface area (Å²) in [4.78, 5) is 25.0. The molecule has 0 spiro atoms. The minimum absolute atomic E-state index is 0.108. The molecule has 1 aliphatic rings. The summed E-state index contributed by atoms with van der Waals surface area (Å²) in [5.41, 5.74) is 1.50. The molecule has 0 N–H and O–H groups in total. The molecule has 2 heterocycles. The van der Waals surface area contributed by atoms with Gasteiger partial charge < -0.3 is 18.8 Å². The first-order valence-electron chi connectivity index (χ1n) is 7.82. The van der Waals surface area contributed by atoms with Crippen LogP contribution in [-0.2, 0) is 20.9 Å². The lowest BCUT2D eigenvalue weighted by Crippen LogP contribution is -2.36. The van der Waals surface area contributed by atoms with E-state index in [0.717, 1.165) is 11.1 Å². The Morgan fingerprint density at radius 2 is 2.00 bits per heavy atom. The van der Waals surface area contributed by atoms with Gasteiger partial charge in [0.05, 0.1) is 13.2 Å². The van der Waals surface area contributed by atoms with Gasteiger partial charge in [0.25, 0.3) is 0 Å². The van der Waals surface area contributed by atoms with Gasteiger partial charge in [-0.3, -0.25) is 9.59 Å². The molecule has 0 bridgehead atoms. The fourth-order valence-corrected chi connectivity index (χ4v) is 2.55. The second-order valence-corrected chi connectivity index (χ2v) is 5.58. The van der Waals surface area contributed by atoms with E-state index in [0.29, 0.717) is 37.9 Å². The highest BCUT2D eigenvalue weighted by molar-refractivity contribution is 5.66. The van der Waals surface area contributed by atoms with Crippen LogP contribution in [0, 0.1) is 0 Å². The van der Waals surface area contributed by atoms with Gasteiger partial charge >= 0.3 is 5.97 Å². The summed E-state index contributed by atoms with van der Waals surface area (Å²) < 4.78 is 16.3. The molecule has 24 heavy (non-hydrogen) atoms. The van der Waals surface area contributed by atoms with Crippen LogP contribution >= 0.6 is 0 Å². The Kier molecular flexibility index (Phi) is 4.96. The fourth-order valence-electron chi connectivity index (χ4n) is 2.55. The molecule has 0 atom stereocenters. The van der Waals surface area contributed by atoms with E-state index in [1.807, 2.05) is 29.2 Å². The molecule has 6 nitrogen and oxygen atoms in total. The lowest BCUT2D eigenvalue weighted by atomic mass is 10.1. The molecule has 126 valence electrons. The van der Waals surface area contributed by atoms with Crippen molar-refractivity contribution in [3.63, 3.8) is 0 Å². The number of hydrogen-bond donors (Lipinski definition) is 0. The molecule has 1 fully saturated rings. The van der Waals surface area contributed by atoms with E-state index in [9.17, 15) is 9.59 Å². The van der Waals surface area contributed by atoms with Crippen LogP contribution < -0.4 is 10.3 Å². The van der Waals surface area contributed by atoms with Crippen LogP contribution in [0.15, 0.2) is 45.6 Å². The van der Waals surface area contributed by atoms with Crippen molar-refractivity contribution in [1.29, 1.82) is 0 Å². The number of benzene rings is 1. The quantitative estimate of drug-likeness (QED) is 0.801. The highest BCUT2D eigenvalue weighted by Crippen LogP contribution is 2.24. The molecule has 6 heteroatoms. The van der Waals surface area contributed by atoms with Gasteiger partial charge in [-0.05, 0) is 11.6 Å². The third kappa shape index (κ3) is 4.02. The zero-order valence-corrected chi connectivity index (χ0v) is 13.5. The zero-order chi connectivity index (χ0) is 16.9. The highest BCUT2D eigenvalue weighted by atomic mass is 16.5. The Hall–Kier alpha value is -2.60.